The summed E-state index contributed by atoms with van der Waals surface area (Å²) in [6.07, 6.45) is 1.32. The molecular weight excluding hydrogens is 198 g/mol. The number of hydrogen-bond donors (Lipinski definition) is 0. The van der Waals surface area contributed by atoms with Gasteiger partial charge in [-0.25, -0.2) is 0 Å². The Morgan fingerprint density at radius 3 is 2.50 bits per heavy atom. The van der Waals surface area contributed by atoms with Crippen molar-refractivity contribution in [2.75, 3.05) is 0 Å². The van der Waals surface area contributed by atoms with E-state index in [-0.39, 0.29) is 6.04 Å². The highest BCUT2D eigenvalue weighted by Gasteiger charge is 2.11. The number of benzene rings is 1. The standard InChI is InChI=1S/C13H17N3/c1-11(2)13(9-6-10-14)16-15-12-7-4-3-5-8-12/h3-5,7-8,11,13H,6,9H2,1-2H3. The van der Waals surface area contributed by atoms with Crippen LogP contribution < -0.4 is 0 Å². The van der Waals surface area contributed by atoms with Crippen LogP contribution in [0.15, 0.2) is 40.6 Å². The monoisotopic (exact) mass is 215 g/mol. The zero-order valence-corrected chi connectivity index (χ0v) is 9.80. The predicted molar refractivity (Wildman–Crippen MR) is 64.4 cm³/mol. The van der Waals surface area contributed by atoms with Crippen molar-refractivity contribution in [3.63, 3.8) is 0 Å². The van der Waals surface area contributed by atoms with E-state index >= 15 is 0 Å². The molecule has 0 radical (unpaired) electrons. The van der Waals surface area contributed by atoms with Crippen molar-refractivity contribution >= 4 is 5.69 Å². The van der Waals surface area contributed by atoms with Crippen molar-refractivity contribution in [3.8, 4) is 6.07 Å². The van der Waals surface area contributed by atoms with Crippen molar-refractivity contribution in [1.29, 1.82) is 5.26 Å². The van der Waals surface area contributed by atoms with E-state index in [2.05, 4.69) is 30.1 Å². The Hall–Kier alpha value is -1.69. The van der Waals surface area contributed by atoms with Gasteiger partial charge in [0.2, 0.25) is 0 Å². The first-order chi connectivity index (χ1) is 7.74. The lowest BCUT2D eigenvalue weighted by molar-refractivity contribution is 0.456. The lowest BCUT2D eigenvalue weighted by atomic mass is 10.0. The lowest BCUT2D eigenvalue weighted by Gasteiger charge is -2.12. The summed E-state index contributed by atoms with van der Waals surface area (Å²) in [4.78, 5) is 0. The van der Waals surface area contributed by atoms with Crippen LogP contribution in [-0.4, -0.2) is 6.04 Å². The van der Waals surface area contributed by atoms with E-state index in [0.29, 0.717) is 12.3 Å². The van der Waals surface area contributed by atoms with Gasteiger partial charge in [0, 0.05) is 6.42 Å². The van der Waals surface area contributed by atoms with Gasteiger partial charge < -0.3 is 0 Å². The third-order valence-electron chi connectivity index (χ3n) is 2.40. The summed E-state index contributed by atoms with van der Waals surface area (Å²) >= 11 is 0. The van der Waals surface area contributed by atoms with E-state index in [1.165, 1.54) is 0 Å². The molecule has 1 unspecified atom stereocenters. The van der Waals surface area contributed by atoms with Crippen molar-refractivity contribution in [1.82, 2.24) is 0 Å². The Balaban J connectivity index is 2.61. The number of nitriles is 1. The van der Waals surface area contributed by atoms with Gasteiger partial charge >= 0.3 is 0 Å². The maximum atomic E-state index is 8.56. The van der Waals surface area contributed by atoms with Crippen LogP contribution >= 0.6 is 0 Å². The van der Waals surface area contributed by atoms with Gasteiger partial charge in [0.1, 0.15) is 0 Å². The molecule has 1 aromatic carbocycles. The zero-order chi connectivity index (χ0) is 11.8. The van der Waals surface area contributed by atoms with E-state index in [9.17, 15) is 0 Å². The first-order valence-corrected chi connectivity index (χ1v) is 5.57. The van der Waals surface area contributed by atoms with Crippen molar-refractivity contribution in [2.45, 2.75) is 32.7 Å². The molecule has 84 valence electrons. The first-order valence-electron chi connectivity index (χ1n) is 5.57. The third kappa shape index (κ3) is 4.22. The first kappa shape index (κ1) is 12.4. The van der Waals surface area contributed by atoms with Crippen LogP contribution in [0.3, 0.4) is 0 Å². The van der Waals surface area contributed by atoms with Gasteiger partial charge in [0.05, 0.1) is 17.8 Å². The molecule has 0 aliphatic carbocycles. The molecule has 0 saturated heterocycles. The maximum absolute atomic E-state index is 8.56. The molecule has 3 heteroatoms. The highest BCUT2D eigenvalue weighted by atomic mass is 15.1. The molecule has 0 aromatic heterocycles. The Morgan fingerprint density at radius 2 is 1.94 bits per heavy atom. The molecule has 0 spiro atoms. The normalized spacial score (nSPS) is 12.9. The minimum atomic E-state index is 0.139. The van der Waals surface area contributed by atoms with E-state index in [1.807, 2.05) is 30.3 Å². The van der Waals surface area contributed by atoms with Crippen LogP contribution in [0.4, 0.5) is 5.69 Å². The van der Waals surface area contributed by atoms with E-state index in [0.717, 1.165) is 12.1 Å². The van der Waals surface area contributed by atoms with Crippen molar-refractivity contribution in [2.24, 2.45) is 16.1 Å². The molecule has 0 aliphatic heterocycles. The lowest BCUT2D eigenvalue weighted by Crippen LogP contribution is -2.11. The summed E-state index contributed by atoms with van der Waals surface area (Å²) in [5.41, 5.74) is 0.866. The van der Waals surface area contributed by atoms with Gasteiger partial charge in [-0.05, 0) is 24.5 Å². The summed E-state index contributed by atoms with van der Waals surface area (Å²) in [5, 5.41) is 17.1. The summed E-state index contributed by atoms with van der Waals surface area (Å²) in [6, 6.07) is 12.0. The predicted octanol–water partition coefficient (Wildman–Crippen LogP) is 4.10. The second kappa shape index (κ2) is 6.73. The Labute approximate surface area is 96.8 Å². The Bertz CT molecular complexity index is 363. The summed E-state index contributed by atoms with van der Waals surface area (Å²) in [5.74, 6) is 0.417. The minimum Gasteiger partial charge on any atom is -0.198 e. The smallest absolute Gasteiger partial charge is 0.0852 e. The molecule has 0 amide bonds. The van der Waals surface area contributed by atoms with E-state index < -0.39 is 0 Å². The average Bonchev–Trinajstić information content (AvgIpc) is 2.30. The minimum absolute atomic E-state index is 0.139. The number of azo groups is 1. The number of hydrogen-bond acceptors (Lipinski definition) is 3. The molecule has 0 heterocycles. The Morgan fingerprint density at radius 1 is 1.25 bits per heavy atom. The number of rotatable bonds is 5. The van der Waals surface area contributed by atoms with E-state index in [4.69, 9.17) is 5.26 Å². The topological polar surface area (TPSA) is 48.5 Å². The molecule has 1 aromatic rings. The summed E-state index contributed by atoms with van der Waals surface area (Å²) in [7, 11) is 0. The van der Waals surface area contributed by atoms with Gasteiger partial charge in [-0.2, -0.15) is 15.5 Å². The fraction of sp³-hybridized carbons (Fsp3) is 0.462. The van der Waals surface area contributed by atoms with Gasteiger partial charge in [0.25, 0.3) is 0 Å². The highest BCUT2D eigenvalue weighted by Crippen LogP contribution is 2.17. The third-order valence-corrected chi connectivity index (χ3v) is 2.40. The summed E-state index contributed by atoms with van der Waals surface area (Å²) in [6.45, 7) is 4.21. The van der Waals surface area contributed by atoms with Crippen LogP contribution in [-0.2, 0) is 0 Å². The second-order valence-corrected chi connectivity index (χ2v) is 4.06. The molecule has 0 saturated carbocycles. The van der Waals surface area contributed by atoms with Gasteiger partial charge in [-0.1, -0.05) is 32.0 Å². The maximum Gasteiger partial charge on any atom is 0.0852 e. The molecule has 0 aliphatic rings. The van der Waals surface area contributed by atoms with Gasteiger partial charge in [-0.3, -0.25) is 0 Å². The largest absolute Gasteiger partial charge is 0.198 e. The molecule has 0 N–H and O–H groups in total. The van der Waals surface area contributed by atoms with Gasteiger partial charge in [-0.15, -0.1) is 0 Å². The quantitative estimate of drug-likeness (QED) is 0.682. The van der Waals surface area contributed by atoms with Crippen LogP contribution in [0, 0.1) is 17.2 Å². The number of nitrogens with zero attached hydrogens (tertiary/aromatic N) is 3. The highest BCUT2D eigenvalue weighted by molar-refractivity contribution is 5.34. The zero-order valence-electron chi connectivity index (χ0n) is 9.80. The second-order valence-electron chi connectivity index (χ2n) is 4.06. The molecule has 1 atom stereocenters. The van der Waals surface area contributed by atoms with Crippen LogP contribution in [0.1, 0.15) is 26.7 Å². The van der Waals surface area contributed by atoms with Crippen molar-refractivity contribution in [3.05, 3.63) is 30.3 Å². The van der Waals surface area contributed by atoms with Crippen LogP contribution in [0.5, 0.6) is 0 Å². The van der Waals surface area contributed by atoms with E-state index in [1.54, 1.807) is 0 Å². The molecule has 3 nitrogen and oxygen atoms in total. The molecule has 0 bridgehead atoms. The molecule has 16 heavy (non-hydrogen) atoms. The van der Waals surface area contributed by atoms with Crippen molar-refractivity contribution < 1.29 is 0 Å². The fourth-order valence-corrected chi connectivity index (χ4v) is 1.37. The fourth-order valence-electron chi connectivity index (χ4n) is 1.37. The van der Waals surface area contributed by atoms with Crippen LogP contribution in [0.25, 0.3) is 0 Å². The Kier molecular flexibility index (Phi) is 5.21. The summed E-state index contributed by atoms with van der Waals surface area (Å²) < 4.78 is 0. The molecule has 0 fully saturated rings. The SMILES string of the molecule is CC(C)C(CCC#N)N=Nc1ccccc1. The molecular formula is C13H17N3. The van der Waals surface area contributed by atoms with Gasteiger partial charge in [0.15, 0.2) is 0 Å². The average molecular weight is 215 g/mol. The molecule has 1 rings (SSSR count). The van der Waals surface area contributed by atoms with Crippen LogP contribution in [0.2, 0.25) is 0 Å².